The highest BCUT2D eigenvalue weighted by molar-refractivity contribution is 6.10. The standard InChI is InChI=1S/C22H28N2O2/c1-21(2,3)17-13-9-10-14-18(17)24-20(26)22(4,5)19(25)23-15-16-11-7-6-8-12-16/h6-14H,15H2,1-5H3,(H,23,25)(H,24,26). The van der Waals surface area contributed by atoms with Gasteiger partial charge in [0, 0.05) is 12.2 Å². The molecule has 2 N–H and O–H groups in total. The van der Waals surface area contributed by atoms with E-state index in [1.165, 1.54) is 0 Å². The van der Waals surface area contributed by atoms with E-state index in [2.05, 4.69) is 31.4 Å². The third-order valence-electron chi connectivity index (χ3n) is 4.41. The lowest BCUT2D eigenvalue weighted by molar-refractivity contribution is -0.138. The molecule has 0 spiro atoms. The first-order valence-corrected chi connectivity index (χ1v) is 8.85. The Labute approximate surface area is 156 Å². The van der Waals surface area contributed by atoms with E-state index in [1.807, 2.05) is 54.6 Å². The number of hydrogen-bond acceptors (Lipinski definition) is 2. The van der Waals surface area contributed by atoms with E-state index in [0.29, 0.717) is 6.54 Å². The number of carbonyl (C=O) groups is 2. The molecular weight excluding hydrogens is 324 g/mol. The summed E-state index contributed by atoms with van der Waals surface area (Å²) in [7, 11) is 0. The Bertz CT molecular complexity index is 774. The van der Waals surface area contributed by atoms with Crippen LogP contribution in [0.3, 0.4) is 0 Å². The van der Waals surface area contributed by atoms with Crippen molar-refractivity contribution in [3.05, 3.63) is 65.7 Å². The zero-order valence-corrected chi connectivity index (χ0v) is 16.2. The fourth-order valence-corrected chi connectivity index (χ4v) is 2.63. The molecular formula is C22H28N2O2. The lowest BCUT2D eigenvalue weighted by atomic mass is 9.85. The van der Waals surface area contributed by atoms with Crippen molar-refractivity contribution in [3.63, 3.8) is 0 Å². The van der Waals surface area contributed by atoms with E-state index in [9.17, 15) is 9.59 Å². The van der Waals surface area contributed by atoms with Crippen molar-refractivity contribution < 1.29 is 9.59 Å². The molecule has 0 saturated carbocycles. The molecule has 0 aliphatic carbocycles. The quantitative estimate of drug-likeness (QED) is 0.790. The number of rotatable bonds is 5. The van der Waals surface area contributed by atoms with Gasteiger partial charge < -0.3 is 10.6 Å². The SMILES string of the molecule is CC(C)(C(=O)NCc1ccccc1)C(=O)Nc1ccccc1C(C)(C)C. The Morgan fingerprint density at radius 1 is 0.808 bits per heavy atom. The summed E-state index contributed by atoms with van der Waals surface area (Å²) in [6.07, 6.45) is 0. The van der Waals surface area contributed by atoms with E-state index < -0.39 is 5.41 Å². The summed E-state index contributed by atoms with van der Waals surface area (Å²) in [5, 5.41) is 5.79. The van der Waals surface area contributed by atoms with E-state index in [0.717, 1.165) is 16.8 Å². The van der Waals surface area contributed by atoms with E-state index in [4.69, 9.17) is 0 Å². The number of nitrogens with one attached hydrogen (secondary N) is 2. The summed E-state index contributed by atoms with van der Waals surface area (Å²) in [4.78, 5) is 25.4. The van der Waals surface area contributed by atoms with Gasteiger partial charge in [-0.25, -0.2) is 0 Å². The molecule has 0 radical (unpaired) electrons. The zero-order valence-electron chi connectivity index (χ0n) is 16.2. The first-order valence-electron chi connectivity index (χ1n) is 8.85. The van der Waals surface area contributed by atoms with Gasteiger partial charge in [-0.15, -0.1) is 0 Å². The Morgan fingerprint density at radius 2 is 1.38 bits per heavy atom. The zero-order chi connectivity index (χ0) is 19.4. The van der Waals surface area contributed by atoms with Gasteiger partial charge in [0.15, 0.2) is 0 Å². The van der Waals surface area contributed by atoms with Crippen LogP contribution in [0.2, 0.25) is 0 Å². The molecule has 4 heteroatoms. The summed E-state index contributed by atoms with van der Waals surface area (Å²) in [6, 6.07) is 17.3. The second kappa shape index (κ2) is 7.73. The third-order valence-corrected chi connectivity index (χ3v) is 4.41. The Morgan fingerprint density at radius 3 is 2.00 bits per heavy atom. The number of para-hydroxylation sites is 1. The molecule has 2 rings (SSSR count). The van der Waals surface area contributed by atoms with Gasteiger partial charge in [0.2, 0.25) is 11.8 Å². The van der Waals surface area contributed by atoms with Crippen molar-refractivity contribution >= 4 is 17.5 Å². The fraction of sp³-hybridized carbons (Fsp3) is 0.364. The molecule has 0 atom stereocenters. The molecule has 2 aromatic rings. The van der Waals surface area contributed by atoms with Crippen LogP contribution in [0.5, 0.6) is 0 Å². The van der Waals surface area contributed by atoms with Crippen molar-refractivity contribution in [2.45, 2.75) is 46.6 Å². The highest BCUT2D eigenvalue weighted by Gasteiger charge is 2.36. The van der Waals surface area contributed by atoms with Crippen molar-refractivity contribution in [2.24, 2.45) is 5.41 Å². The van der Waals surface area contributed by atoms with Crippen molar-refractivity contribution in [1.82, 2.24) is 5.32 Å². The largest absolute Gasteiger partial charge is 0.351 e. The molecule has 0 heterocycles. The molecule has 138 valence electrons. The van der Waals surface area contributed by atoms with Crippen LogP contribution in [0.25, 0.3) is 0 Å². The topological polar surface area (TPSA) is 58.2 Å². The van der Waals surface area contributed by atoms with Crippen LogP contribution in [0, 0.1) is 5.41 Å². The fourth-order valence-electron chi connectivity index (χ4n) is 2.63. The monoisotopic (exact) mass is 352 g/mol. The number of amides is 2. The summed E-state index contributed by atoms with van der Waals surface area (Å²) >= 11 is 0. The summed E-state index contributed by atoms with van der Waals surface area (Å²) in [5.41, 5.74) is 1.49. The predicted molar refractivity (Wildman–Crippen MR) is 106 cm³/mol. The van der Waals surface area contributed by atoms with Gasteiger partial charge in [-0.3, -0.25) is 9.59 Å². The van der Waals surface area contributed by atoms with E-state index in [1.54, 1.807) is 13.8 Å². The van der Waals surface area contributed by atoms with Crippen LogP contribution in [-0.2, 0) is 21.5 Å². The molecule has 0 bridgehead atoms. The first kappa shape index (κ1) is 19.7. The minimum Gasteiger partial charge on any atom is -0.351 e. The van der Waals surface area contributed by atoms with Crippen LogP contribution >= 0.6 is 0 Å². The summed E-state index contributed by atoms with van der Waals surface area (Å²) < 4.78 is 0. The molecule has 0 saturated heterocycles. The molecule has 0 aliphatic heterocycles. The molecule has 0 aromatic heterocycles. The molecule has 26 heavy (non-hydrogen) atoms. The second-order valence-corrected chi connectivity index (χ2v) is 8.04. The highest BCUT2D eigenvalue weighted by Crippen LogP contribution is 2.30. The third kappa shape index (κ3) is 4.72. The maximum atomic E-state index is 12.8. The van der Waals surface area contributed by atoms with Crippen LogP contribution in [0.1, 0.15) is 45.7 Å². The molecule has 0 fully saturated rings. The Hall–Kier alpha value is -2.62. The lowest BCUT2D eigenvalue weighted by Gasteiger charge is -2.26. The number of carbonyl (C=O) groups excluding carboxylic acids is 2. The van der Waals surface area contributed by atoms with Crippen molar-refractivity contribution in [3.8, 4) is 0 Å². The predicted octanol–water partition coefficient (Wildman–Crippen LogP) is 4.27. The number of benzene rings is 2. The van der Waals surface area contributed by atoms with Crippen LogP contribution in [0.15, 0.2) is 54.6 Å². The number of hydrogen-bond donors (Lipinski definition) is 2. The average Bonchev–Trinajstić information content (AvgIpc) is 2.60. The Balaban J connectivity index is 2.09. The average molecular weight is 352 g/mol. The van der Waals surface area contributed by atoms with Gasteiger partial charge >= 0.3 is 0 Å². The lowest BCUT2D eigenvalue weighted by Crippen LogP contribution is -2.45. The molecule has 4 nitrogen and oxygen atoms in total. The van der Waals surface area contributed by atoms with Crippen LogP contribution < -0.4 is 10.6 Å². The summed E-state index contributed by atoms with van der Waals surface area (Å²) in [6.45, 7) is 9.96. The normalized spacial score (nSPS) is 11.7. The van der Waals surface area contributed by atoms with Crippen LogP contribution in [-0.4, -0.2) is 11.8 Å². The maximum Gasteiger partial charge on any atom is 0.239 e. The molecule has 2 amide bonds. The van der Waals surface area contributed by atoms with Crippen molar-refractivity contribution in [2.75, 3.05) is 5.32 Å². The van der Waals surface area contributed by atoms with Gasteiger partial charge in [0.25, 0.3) is 0 Å². The van der Waals surface area contributed by atoms with Gasteiger partial charge in [-0.2, -0.15) is 0 Å². The van der Waals surface area contributed by atoms with Gasteiger partial charge in [-0.05, 0) is 36.5 Å². The van der Waals surface area contributed by atoms with Gasteiger partial charge in [0.05, 0.1) is 0 Å². The van der Waals surface area contributed by atoms with Gasteiger partial charge in [0.1, 0.15) is 5.41 Å². The van der Waals surface area contributed by atoms with Gasteiger partial charge in [-0.1, -0.05) is 69.3 Å². The van der Waals surface area contributed by atoms with Crippen molar-refractivity contribution in [1.29, 1.82) is 0 Å². The number of anilines is 1. The minimum atomic E-state index is -1.18. The first-order chi connectivity index (χ1) is 12.1. The van der Waals surface area contributed by atoms with E-state index >= 15 is 0 Å². The Kier molecular flexibility index (Phi) is 5.86. The molecule has 0 aliphatic rings. The molecule has 0 unspecified atom stereocenters. The maximum absolute atomic E-state index is 12.8. The summed E-state index contributed by atoms with van der Waals surface area (Å²) in [5.74, 6) is -0.619. The highest BCUT2D eigenvalue weighted by atomic mass is 16.2. The van der Waals surface area contributed by atoms with E-state index in [-0.39, 0.29) is 17.2 Å². The second-order valence-electron chi connectivity index (χ2n) is 8.04. The minimum absolute atomic E-state index is 0.108. The van der Waals surface area contributed by atoms with Crippen LogP contribution in [0.4, 0.5) is 5.69 Å². The molecule has 2 aromatic carbocycles. The smallest absolute Gasteiger partial charge is 0.239 e.